The summed E-state index contributed by atoms with van der Waals surface area (Å²) >= 11 is 0. The van der Waals surface area contributed by atoms with Crippen molar-refractivity contribution < 1.29 is 14.4 Å². The second-order valence-corrected chi connectivity index (χ2v) is 9.04. The number of nitrogens with zero attached hydrogens (tertiary/aromatic N) is 2. The Hall–Kier alpha value is -3.58. The highest BCUT2D eigenvalue weighted by atomic mass is 16.2. The van der Waals surface area contributed by atoms with Crippen molar-refractivity contribution in [1.82, 2.24) is 4.98 Å². The molecule has 3 fully saturated rings. The molecule has 0 unspecified atom stereocenters. The van der Waals surface area contributed by atoms with Crippen molar-refractivity contribution >= 4 is 40.0 Å². The predicted molar refractivity (Wildman–Crippen MR) is 120 cm³/mol. The van der Waals surface area contributed by atoms with Gasteiger partial charge in [0.15, 0.2) is 0 Å². The van der Waals surface area contributed by atoms with Gasteiger partial charge < -0.3 is 11.1 Å². The Kier molecular flexibility index (Phi) is 4.01. The average molecular weight is 426 g/mol. The summed E-state index contributed by atoms with van der Waals surface area (Å²) in [5, 5.41) is 3.83. The van der Waals surface area contributed by atoms with Gasteiger partial charge in [-0.25, -0.2) is 4.90 Å². The maximum atomic E-state index is 13.2. The van der Waals surface area contributed by atoms with Gasteiger partial charge in [0.05, 0.1) is 22.8 Å². The first-order valence-electron chi connectivity index (χ1n) is 10.9. The summed E-state index contributed by atoms with van der Waals surface area (Å²) in [5.74, 6) is -0.943. The van der Waals surface area contributed by atoms with Crippen molar-refractivity contribution in [3.05, 3.63) is 66.4 Å². The zero-order valence-corrected chi connectivity index (χ0v) is 17.3. The van der Waals surface area contributed by atoms with Gasteiger partial charge in [-0.3, -0.25) is 19.4 Å². The number of carbonyl (C=O) groups excluding carboxylic acids is 3. The summed E-state index contributed by atoms with van der Waals surface area (Å²) in [4.78, 5) is 44.7. The number of benzene rings is 2. The lowest BCUT2D eigenvalue weighted by molar-refractivity contribution is -0.123. The van der Waals surface area contributed by atoms with Crippen LogP contribution in [0.5, 0.6) is 0 Å². The van der Waals surface area contributed by atoms with Gasteiger partial charge in [0.2, 0.25) is 5.91 Å². The molecule has 3 aliphatic rings. The number of aromatic nitrogens is 1. The number of pyridine rings is 1. The number of anilines is 2. The Labute approximate surface area is 184 Å². The SMILES string of the molecule is N[C@@]12C(=O)N(c3ccc(C(=O)Nc4cccc5cccnc45)cc3)C(=O)[C@@H]1[C@@H]1CC[C@H]2C1. The third kappa shape index (κ3) is 2.51. The number of rotatable bonds is 3. The normalized spacial score (nSPS) is 28.4. The smallest absolute Gasteiger partial charge is 0.255 e. The summed E-state index contributed by atoms with van der Waals surface area (Å²) < 4.78 is 0. The molecule has 1 saturated heterocycles. The van der Waals surface area contributed by atoms with Gasteiger partial charge in [0.25, 0.3) is 11.8 Å². The fourth-order valence-electron chi connectivity index (χ4n) is 5.95. The molecule has 2 aromatic carbocycles. The van der Waals surface area contributed by atoms with E-state index in [1.165, 1.54) is 4.90 Å². The molecule has 2 saturated carbocycles. The first-order chi connectivity index (χ1) is 15.5. The molecule has 160 valence electrons. The molecule has 2 heterocycles. The van der Waals surface area contributed by atoms with E-state index in [9.17, 15) is 14.4 Å². The van der Waals surface area contributed by atoms with E-state index < -0.39 is 11.5 Å². The first kappa shape index (κ1) is 19.1. The molecule has 7 nitrogen and oxygen atoms in total. The molecule has 0 radical (unpaired) electrons. The van der Waals surface area contributed by atoms with E-state index in [-0.39, 0.29) is 29.6 Å². The number of fused-ring (bicyclic) bond motifs is 6. The minimum absolute atomic E-state index is 0.0818. The van der Waals surface area contributed by atoms with Crippen LogP contribution in [0.25, 0.3) is 10.9 Å². The number of nitrogens with one attached hydrogen (secondary N) is 1. The maximum absolute atomic E-state index is 13.2. The Balaban J connectivity index is 1.25. The molecule has 3 N–H and O–H groups in total. The number of amides is 3. The zero-order valence-electron chi connectivity index (χ0n) is 17.3. The molecule has 6 rings (SSSR count). The number of para-hydroxylation sites is 1. The zero-order chi connectivity index (χ0) is 22.0. The van der Waals surface area contributed by atoms with Crippen LogP contribution in [0, 0.1) is 17.8 Å². The van der Waals surface area contributed by atoms with Crippen molar-refractivity contribution in [2.75, 3.05) is 10.2 Å². The van der Waals surface area contributed by atoms with E-state index in [0.29, 0.717) is 22.5 Å². The second-order valence-electron chi connectivity index (χ2n) is 9.04. The maximum Gasteiger partial charge on any atom is 0.255 e. The quantitative estimate of drug-likeness (QED) is 0.626. The van der Waals surface area contributed by atoms with E-state index >= 15 is 0 Å². The van der Waals surface area contributed by atoms with Crippen molar-refractivity contribution in [2.45, 2.75) is 24.8 Å². The third-order valence-electron chi connectivity index (χ3n) is 7.46. The molecule has 3 amide bonds. The Morgan fingerprint density at radius 1 is 1.06 bits per heavy atom. The van der Waals surface area contributed by atoms with Crippen LogP contribution < -0.4 is 16.0 Å². The molecule has 2 bridgehead atoms. The number of hydrogen-bond acceptors (Lipinski definition) is 5. The van der Waals surface area contributed by atoms with Gasteiger partial charge in [-0.2, -0.15) is 0 Å². The van der Waals surface area contributed by atoms with Crippen molar-refractivity contribution in [2.24, 2.45) is 23.5 Å². The standard InChI is InChI=1S/C25H22N4O3/c26-25-17-9-6-16(13-17)20(25)23(31)29(24(25)32)18-10-7-15(8-11-18)22(30)28-19-5-1-3-14-4-2-12-27-21(14)19/h1-5,7-8,10-12,16-17,20H,6,9,13,26H2,(H,28,30)/t16-,17+,20+,25-/m1/s1. The van der Waals surface area contributed by atoms with Gasteiger partial charge >= 0.3 is 0 Å². The lowest BCUT2D eigenvalue weighted by Gasteiger charge is -2.31. The van der Waals surface area contributed by atoms with Crippen LogP contribution in [-0.2, 0) is 9.59 Å². The van der Waals surface area contributed by atoms with Crippen LogP contribution in [0.4, 0.5) is 11.4 Å². The van der Waals surface area contributed by atoms with Crippen LogP contribution in [0.3, 0.4) is 0 Å². The molecule has 2 aliphatic carbocycles. The van der Waals surface area contributed by atoms with Crippen molar-refractivity contribution in [3.63, 3.8) is 0 Å². The molecule has 1 aliphatic heterocycles. The molecule has 1 aromatic heterocycles. The summed E-state index contributed by atoms with van der Waals surface area (Å²) in [6.45, 7) is 0. The number of hydrogen-bond donors (Lipinski definition) is 2. The molecule has 4 atom stereocenters. The van der Waals surface area contributed by atoms with Crippen LogP contribution in [-0.4, -0.2) is 28.2 Å². The van der Waals surface area contributed by atoms with Gasteiger partial charge in [0, 0.05) is 17.1 Å². The molecule has 0 spiro atoms. The highest BCUT2D eigenvalue weighted by Crippen LogP contribution is 2.57. The molecule has 32 heavy (non-hydrogen) atoms. The lowest BCUT2D eigenvalue weighted by Crippen LogP contribution is -2.55. The van der Waals surface area contributed by atoms with E-state index in [2.05, 4.69) is 10.3 Å². The van der Waals surface area contributed by atoms with E-state index in [1.54, 1.807) is 36.5 Å². The fourth-order valence-corrected chi connectivity index (χ4v) is 5.95. The third-order valence-corrected chi connectivity index (χ3v) is 7.46. The molecular weight excluding hydrogens is 404 g/mol. The van der Waals surface area contributed by atoms with E-state index in [0.717, 1.165) is 24.6 Å². The Morgan fingerprint density at radius 3 is 2.62 bits per heavy atom. The average Bonchev–Trinajstić information content (AvgIpc) is 3.45. The predicted octanol–water partition coefficient (Wildman–Crippen LogP) is 3.10. The summed E-state index contributed by atoms with van der Waals surface area (Å²) in [6, 6.07) is 15.9. The van der Waals surface area contributed by atoms with Crippen LogP contribution in [0.2, 0.25) is 0 Å². The lowest BCUT2D eigenvalue weighted by atomic mass is 9.75. The topological polar surface area (TPSA) is 105 Å². The Bertz CT molecular complexity index is 1280. The number of carbonyl (C=O) groups is 3. The minimum Gasteiger partial charge on any atom is -0.320 e. The largest absolute Gasteiger partial charge is 0.320 e. The van der Waals surface area contributed by atoms with Gasteiger partial charge in [-0.15, -0.1) is 0 Å². The highest BCUT2D eigenvalue weighted by molar-refractivity contribution is 6.26. The van der Waals surface area contributed by atoms with Crippen LogP contribution in [0.15, 0.2) is 60.8 Å². The summed E-state index contributed by atoms with van der Waals surface area (Å²) in [5.41, 5.74) is 7.68. The highest BCUT2D eigenvalue weighted by Gasteiger charge is 2.69. The fraction of sp³-hybridized carbons (Fsp3) is 0.280. The van der Waals surface area contributed by atoms with E-state index in [4.69, 9.17) is 5.73 Å². The monoisotopic (exact) mass is 426 g/mol. The van der Waals surface area contributed by atoms with Gasteiger partial charge in [-0.1, -0.05) is 18.2 Å². The van der Waals surface area contributed by atoms with E-state index in [1.807, 2.05) is 24.3 Å². The number of nitrogens with two attached hydrogens (primary N) is 1. The van der Waals surface area contributed by atoms with Gasteiger partial charge in [0.1, 0.15) is 5.54 Å². The summed E-state index contributed by atoms with van der Waals surface area (Å²) in [6.07, 6.45) is 4.42. The van der Waals surface area contributed by atoms with Crippen LogP contribution >= 0.6 is 0 Å². The van der Waals surface area contributed by atoms with Crippen molar-refractivity contribution in [3.8, 4) is 0 Å². The molecule has 3 aromatic rings. The number of imide groups is 1. The Morgan fingerprint density at radius 2 is 1.84 bits per heavy atom. The second kappa shape index (κ2) is 6.71. The van der Waals surface area contributed by atoms with Crippen LogP contribution in [0.1, 0.15) is 29.6 Å². The summed E-state index contributed by atoms with van der Waals surface area (Å²) in [7, 11) is 0. The molecular formula is C25H22N4O3. The molecule has 7 heteroatoms. The van der Waals surface area contributed by atoms with Gasteiger partial charge in [-0.05, 0) is 67.5 Å². The van der Waals surface area contributed by atoms with Crippen molar-refractivity contribution in [1.29, 1.82) is 0 Å². The first-order valence-corrected chi connectivity index (χ1v) is 10.9. The minimum atomic E-state index is -1.07.